The summed E-state index contributed by atoms with van der Waals surface area (Å²) in [6, 6.07) is 12.0. The third-order valence-electron chi connectivity index (χ3n) is 7.49. The van der Waals surface area contributed by atoms with Crippen LogP contribution in [0.1, 0.15) is 50.3 Å². The quantitative estimate of drug-likeness (QED) is 0.517. The molecule has 2 aliphatic rings. The lowest BCUT2D eigenvalue weighted by molar-refractivity contribution is -0.117. The predicted molar refractivity (Wildman–Crippen MR) is 141 cm³/mol. The first-order chi connectivity index (χ1) is 17.9. The van der Waals surface area contributed by atoms with E-state index in [0.717, 1.165) is 59.4 Å². The van der Waals surface area contributed by atoms with Crippen molar-refractivity contribution >= 4 is 17.7 Å². The molecule has 0 radical (unpaired) electrons. The predicted octanol–water partition coefficient (Wildman–Crippen LogP) is 4.80. The van der Waals surface area contributed by atoms with Crippen molar-refractivity contribution in [2.24, 2.45) is 5.73 Å². The molecule has 9 nitrogen and oxygen atoms in total. The average molecular weight is 504 g/mol. The van der Waals surface area contributed by atoms with Crippen molar-refractivity contribution in [1.82, 2.24) is 14.7 Å². The second-order valence-corrected chi connectivity index (χ2v) is 9.88. The molecular weight excluding hydrogens is 470 g/mol. The summed E-state index contributed by atoms with van der Waals surface area (Å²) in [5.41, 5.74) is 10.5. The van der Waals surface area contributed by atoms with Crippen molar-refractivity contribution in [3.63, 3.8) is 0 Å². The summed E-state index contributed by atoms with van der Waals surface area (Å²) >= 11 is 0. The van der Waals surface area contributed by atoms with E-state index in [4.69, 9.17) is 10.5 Å². The van der Waals surface area contributed by atoms with Crippen LogP contribution in [-0.4, -0.2) is 50.9 Å². The molecule has 0 saturated carbocycles. The number of ether oxygens (including phenoxy) is 1. The summed E-state index contributed by atoms with van der Waals surface area (Å²) in [4.78, 5) is 27.1. The Morgan fingerprint density at radius 1 is 1.11 bits per heavy atom. The van der Waals surface area contributed by atoms with E-state index in [1.165, 1.54) is 4.90 Å². The minimum absolute atomic E-state index is 0.0139. The molecule has 0 bridgehead atoms. The molecule has 1 fully saturated rings. The van der Waals surface area contributed by atoms with Crippen molar-refractivity contribution < 1.29 is 19.4 Å². The molecule has 2 aromatic carbocycles. The lowest BCUT2D eigenvalue weighted by Crippen LogP contribution is -2.40. The number of rotatable bonds is 5. The minimum Gasteiger partial charge on any atom is -0.465 e. The number of piperidine rings is 1. The van der Waals surface area contributed by atoms with Gasteiger partial charge in [0.1, 0.15) is 11.5 Å². The number of nitrogens with zero attached hydrogens (tertiary/aromatic N) is 4. The van der Waals surface area contributed by atoms with Gasteiger partial charge in [-0.05, 0) is 62.4 Å². The van der Waals surface area contributed by atoms with Gasteiger partial charge in [-0.25, -0.2) is 4.79 Å². The molecule has 37 heavy (non-hydrogen) atoms. The maximum Gasteiger partial charge on any atom is 0.407 e. The molecule has 2 amide bonds. The fraction of sp³-hybridized carbons (Fsp3) is 0.393. The van der Waals surface area contributed by atoms with Crippen molar-refractivity contribution in [2.45, 2.75) is 58.2 Å². The Labute approximate surface area is 216 Å². The summed E-state index contributed by atoms with van der Waals surface area (Å²) in [5, 5.41) is 13.9. The summed E-state index contributed by atoms with van der Waals surface area (Å²) in [6.45, 7) is 5.14. The average Bonchev–Trinajstić information content (AvgIpc) is 3.39. The Kier molecular flexibility index (Phi) is 6.88. The fourth-order valence-electron chi connectivity index (χ4n) is 5.44. The van der Waals surface area contributed by atoms with Gasteiger partial charge in [0.2, 0.25) is 5.91 Å². The lowest BCUT2D eigenvalue weighted by Gasteiger charge is -2.36. The molecule has 1 atom stereocenters. The van der Waals surface area contributed by atoms with Crippen LogP contribution in [0.4, 0.5) is 10.5 Å². The van der Waals surface area contributed by atoms with Crippen LogP contribution < -0.4 is 15.4 Å². The van der Waals surface area contributed by atoms with E-state index < -0.39 is 6.09 Å². The van der Waals surface area contributed by atoms with E-state index in [9.17, 15) is 14.7 Å². The number of likely N-dealkylation sites (tertiary alicyclic amines) is 1. The van der Waals surface area contributed by atoms with Crippen LogP contribution >= 0.6 is 0 Å². The van der Waals surface area contributed by atoms with E-state index in [2.05, 4.69) is 12.0 Å². The molecule has 1 aromatic heterocycles. The maximum absolute atomic E-state index is 12.5. The van der Waals surface area contributed by atoms with Crippen molar-refractivity contribution in [3.8, 4) is 22.6 Å². The van der Waals surface area contributed by atoms with Crippen LogP contribution in [0.25, 0.3) is 11.1 Å². The van der Waals surface area contributed by atoms with Gasteiger partial charge in [-0.2, -0.15) is 5.10 Å². The minimum atomic E-state index is -0.871. The number of anilines is 1. The fourth-order valence-corrected chi connectivity index (χ4v) is 5.44. The van der Waals surface area contributed by atoms with E-state index >= 15 is 0 Å². The number of nitrogens with two attached hydrogens (primary N) is 1. The first kappa shape index (κ1) is 24.8. The number of aromatic nitrogens is 2. The van der Waals surface area contributed by atoms with E-state index in [1.54, 1.807) is 6.92 Å². The van der Waals surface area contributed by atoms with Crippen LogP contribution in [0.2, 0.25) is 0 Å². The molecule has 3 N–H and O–H groups in total. The summed E-state index contributed by atoms with van der Waals surface area (Å²) in [5.74, 6) is 1.45. The Morgan fingerprint density at radius 2 is 1.84 bits per heavy atom. The number of hydrogen-bond donors (Lipinski definition) is 2. The van der Waals surface area contributed by atoms with Gasteiger partial charge in [0.25, 0.3) is 0 Å². The number of benzene rings is 2. The first-order valence-electron chi connectivity index (χ1n) is 12.8. The summed E-state index contributed by atoms with van der Waals surface area (Å²) in [7, 11) is 0. The Hall–Kier alpha value is -3.85. The van der Waals surface area contributed by atoms with Crippen molar-refractivity contribution in [2.75, 3.05) is 18.0 Å². The highest BCUT2D eigenvalue weighted by molar-refractivity contribution is 5.95. The normalized spacial score (nSPS) is 18.0. The number of carbonyl (C=O) groups excluding carboxylic acids is 1. The number of amides is 2. The zero-order chi connectivity index (χ0) is 26.1. The largest absolute Gasteiger partial charge is 0.465 e. The van der Waals surface area contributed by atoms with Crippen LogP contribution in [0.5, 0.6) is 11.5 Å². The van der Waals surface area contributed by atoms with Crippen LogP contribution in [0, 0.1) is 0 Å². The molecule has 3 aromatic rings. The van der Waals surface area contributed by atoms with Gasteiger partial charge in [0.15, 0.2) is 0 Å². The Balaban J connectivity index is 1.52. The number of fused-ring (bicyclic) bond motifs is 1. The van der Waals surface area contributed by atoms with Gasteiger partial charge in [0, 0.05) is 55.5 Å². The Bertz CT molecular complexity index is 1290. The smallest absolute Gasteiger partial charge is 0.407 e. The highest BCUT2D eigenvalue weighted by atomic mass is 16.5. The molecule has 3 heterocycles. The molecule has 0 unspecified atom stereocenters. The molecule has 9 heteroatoms. The van der Waals surface area contributed by atoms with Crippen molar-refractivity contribution in [1.29, 1.82) is 0 Å². The molecular formula is C28H33N5O4. The molecule has 0 spiro atoms. The maximum atomic E-state index is 12.5. The van der Waals surface area contributed by atoms with Gasteiger partial charge in [-0.1, -0.05) is 12.1 Å². The second kappa shape index (κ2) is 10.3. The first-order valence-corrected chi connectivity index (χ1v) is 12.8. The van der Waals surface area contributed by atoms with Crippen LogP contribution in [0.15, 0.2) is 48.8 Å². The molecule has 194 valence electrons. The lowest BCUT2D eigenvalue weighted by atomic mass is 9.92. The van der Waals surface area contributed by atoms with Gasteiger partial charge in [0.05, 0.1) is 17.9 Å². The van der Waals surface area contributed by atoms with Crippen LogP contribution in [0.3, 0.4) is 0 Å². The van der Waals surface area contributed by atoms with Crippen molar-refractivity contribution in [3.05, 3.63) is 59.9 Å². The Morgan fingerprint density at radius 3 is 2.49 bits per heavy atom. The van der Waals surface area contributed by atoms with Gasteiger partial charge in [-0.3, -0.25) is 9.48 Å². The highest BCUT2D eigenvalue weighted by Gasteiger charge is 2.31. The zero-order valence-electron chi connectivity index (χ0n) is 21.3. The topological polar surface area (TPSA) is 114 Å². The molecule has 0 aliphatic carbocycles. The van der Waals surface area contributed by atoms with Gasteiger partial charge < -0.3 is 25.4 Å². The van der Waals surface area contributed by atoms with E-state index in [0.29, 0.717) is 25.4 Å². The van der Waals surface area contributed by atoms with Gasteiger partial charge in [-0.15, -0.1) is 0 Å². The molecule has 1 saturated heterocycles. The number of carboxylic acid groups (broad SMARTS) is 1. The third kappa shape index (κ3) is 4.91. The van der Waals surface area contributed by atoms with E-state index in [1.807, 2.05) is 58.4 Å². The zero-order valence-corrected chi connectivity index (χ0v) is 21.3. The number of carbonyl (C=O) groups is 2. The molecule has 5 rings (SSSR count). The third-order valence-corrected chi connectivity index (χ3v) is 7.49. The van der Waals surface area contributed by atoms with Crippen LogP contribution in [-0.2, 0) is 17.8 Å². The number of hydrogen-bond acceptors (Lipinski definition) is 5. The standard InChI is InChI=1S/C28H33N5O4/c1-18-3-8-25-26(33(18)19(2)34)10-9-24(27(25)37-23-6-4-20(15-29)5-7-23)21-16-30-32(17-21)22-11-13-31(14-12-22)28(35)36/h4-7,9-10,16-18,22H,3,8,11-15,29H2,1-2H3,(H,35,36)/t18-/m0/s1. The summed E-state index contributed by atoms with van der Waals surface area (Å²) < 4.78 is 8.47. The van der Waals surface area contributed by atoms with E-state index in [-0.39, 0.29) is 18.0 Å². The molecule has 2 aliphatic heterocycles. The second-order valence-electron chi connectivity index (χ2n) is 9.88. The highest BCUT2D eigenvalue weighted by Crippen LogP contribution is 2.45. The summed E-state index contributed by atoms with van der Waals surface area (Å²) in [6.07, 6.45) is 6.07. The monoisotopic (exact) mass is 503 g/mol. The van der Waals surface area contributed by atoms with Gasteiger partial charge >= 0.3 is 6.09 Å². The SMILES string of the molecule is CC(=O)N1c2ccc(-c3cnn(C4CCN(C(=O)O)CC4)c3)c(Oc3ccc(CN)cc3)c2CC[C@@H]1C.